The van der Waals surface area contributed by atoms with Gasteiger partial charge >= 0.3 is 0 Å². The zero-order valence-corrected chi connectivity index (χ0v) is 10.9. The third kappa shape index (κ3) is 4.97. The van der Waals surface area contributed by atoms with Crippen molar-refractivity contribution in [2.45, 2.75) is 26.9 Å². The van der Waals surface area contributed by atoms with Crippen LogP contribution in [0.2, 0.25) is 5.02 Å². The summed E-state index contributed by atoms with van der Waals surface area (Å²) in [7, 11) is 0. The highest BCUT2D eigenvalue weighted by Gasteiger charge is 2.11. The summed E-state index contributed by atoms with van der Waals surface area (Å²) in [6.45, 7) is 7.94. The van der Waals surface area contributed by atoms with E-state index < -0.39 is 6.10 Å². The Kier molecular flexibility index (Phi) is 4.78. The van der Waals surface area contributed by atoms with E-state index in [1.807, 2.05) is 12.1 Å². The monoisotopic (exact) mass is 241 g/mol. The number of hydrogen-bond acceptors (Lipinski definition) is 2. The van der Waals surface area contributed by atoms with Crippen LogP contribution in [0.1, 0.15) is 32.4 Å². The van der Waals surface area contributed by atoms with Gasteiger partial charge in [0, 0.05) is 18.1 Å². The molecular formula is C13H20ClNO. The van der Waals surface area contributed by atoms with Crippen molar-refractivity contribution < 1.29 is 5.11 Å². The van der Waals surface area contributed by atoms with Gasteiger partial charge in [-0.05, 0) is 23.1 Å². The highest BCUT2D eigenvalue weighted by molar-refractivity contribution is 6.30. The van der Waals surface area contributed by atoms with Crippen molar-refractivity contribution in [1.82, 2.24) is 5.32 Å². The highest BCUT2D eigenvalue weighted by atomic mass is 35.5. The summed E-state index contributed by atoms with van der Waals surface area (Å²) in [5.74, 6) is 0. The molecule has 0 aliphatic heterocycles. The molecule has 0 aromatic heterocycles. The maximum Gasteiger partial charge on any atom is 0.0914 e. The van der Waals surface area contributed by atoms with Crippen molar-refractivity contribution in [3.8, 4) is 0 Å². The number of hydrogen-bond donors (Lipinski definition) is 2. The Hall–Kier alpha value is -0.570. The minimum atomic E-state index is -0.473. The molecule has 1 unspecified atom stereocenters. The summed E-state index contributed by atoms with van der Waals surface area (Å²) in [5.41, 5.74) is 1.13. The largest absolute Gasteiger partial charge is 0.387 e. The maximum absolute atomic E-state index is 9.90. The molecule has 90 valence electrons. The second-order valence-corrected chi connectivity index (χ2v) is 5.70. The van der Waals surface area contributed by atoms with Crippen molar-refractivity contribution in [1.29, 1.82) is 0 Å². The first-order valence-corrected chi connectivity index (χ1v) is 5.90. The van der Waals surface area contributed by atoms with Gasteiger partial charge in [-0.2, -0.15) is 0 Å². The molecule has 0 spiro atoms. The molecule has 0 bridgehead atoms. The zero-order valence-electron chi connectivity index (χ0n) is 10.1. The molecule has 1 rings (SSSR count). The van der Waals surface area contributed by atoms with E-state index in [1.54, 1.807) is 12.1 Å². The molecule has 0 aliphatic rings. The molecule has 3 heteroatoms. The Morgan fingerprint density at radius 2 is 1.81 bits per heavy atom. The zero-order chi connectivity index (χ0) is 12.2. The Morgan fingerprint density at radius 1 is 1.25 bits per heavy atom. The average molecular weight is 242 g/mol. The van der Waals surface area contributed by atoms with Crippen molar-refractivity contribution >= 4 is 11.6 Å². The van der Waals surface area contributed by atoms with Gasteiger partial charge < -0.3 is 10.4 Å². The van der Waals surface area contributed by atoms with Gasteiger partial charge in [-0.15, -0.1) is 0 Å². The Bertz CT molecular complexity index is 316. The van der Waals surface area contributed by atoms with E-state index in [2.05, 4.69) is 26.1 Å². The van der Waals surface area contributed by atoms with E-state index >= 15 is 0 Å². The summed E-state index contributed by atoms with van der Waals surface area (Å²) in [4.78, 5) is 0. The number of rotatable bonds is 4. The molecule has 1 atom stereocenters. The molecule has 0 radical (unpaired) electrons. The highest BCUT2D eigenvalue weighted by Crippen LogP contribution is 2.16. The van der Waals surface area contributed by atoms with E-state index in [-0.39, 0.29) is 5.41 Å². The molecule has 2 nitrogen and oxygen atoms in total. The average Bonchev–Trinajstić information content (AvgIpc) is 2.16. The van der Waals surface area contributed by atoms with Crippen molar-refractivity contribution in [3.05, 3.63) is 34.9 Å². The predicted molar refractivity (Wildman–Crippen MR) is 68.7 cm³/mol. The van der Waals surface area contributed by atoms with Crippen LogP contribution in [0.4, 0.5) is 0 Å². The van der Waals surface area contributed by atoms with Crippen LogP contribution in [0.5, 0.6) is 0 Å². The summed E-state index contributed by atoms with van der Waals surface area (Å²) >= 11 is 5.78. The first-order chi connectivity index (χ1) is 7.38. The van der Waals surface area contributed by atoms with Crippen molar-refractivity contribution in [2.24, 2.45) is 5.41 Å². The molecule has 1 aromatic rings. The molecule has 0 saturated carbocycles. The number of halogens is 1. The van der Waals surface area contributed by atoms with Gasteiger partial charge in [0.2, 0.25) is 0 Å². The van der Waals surface area contributed by atoms with Gasteiger partial charge in [0.1, 0.15) is 0 Å². The predicted octanol–water partition coefficient (Wildman–Crippen LogP) is 3.01. The smallest absolute Gasteiger partial charge is 0.0914 e. The SMILES string of the molecule is CC(C)(C)CNCC(O)c1ccc(Cl)cc1. The van der Waals surface area contributed by atoms with E-state index in [0.717, 1.165) is 12.1 Å². The number of aliphatic hydroxyl groups excluding tert-OH is 1. The Morgan fingerprint density at radius 3 is 2.31 bits per heavy atom. The fourth-order valence-corrected chi connectivity index (χ4v) is 1.51. The lowest BCUT2D eigenvalue weighted by atomic mass is 9.97. The van der Waals surface area contributed by atoms with Gasteiger partial charge in [-0.1, -0.05) is 44.5 Å². The fraction of sp³-hybridized carbons (Fsp3) is 0.538. The molecule has 0 fully saturated rings. The standard InChI is InChI=1S/C13H20ClNO/c1-13(2,3)9-15-8-12(16)10-4-6-11(14)7-5-10/h4-7,12,15-16H,8-9H2,1-3H3. The van der Waals surface area contributed by atoms with Crippen LogP contribution in [-0.4, -0.2) is 18.2 Å². The van der Waals surface area contributed by atoms with Crippen molar-refractivity contribution in [2.75, 3.05) is 13.1 Å². The van der Waals surface area contributed by atoms with E-state index in [0.29, 0.717) is 11.6 Å². The van der Waals surface area contributed by atoms with Crippen LogP contribution in [0.15, 0.2) is 24.3 Å². The van der Waals surface area contributed by atoms with Gasteiger partial charge in [0.15, 0.2) is 0 Å². The van der Waals surface area contributed by atoms with Gasteiger partial charge in [-0.3, -0.25) is 0 Å². The van der Waals surface area contributed by atoms with Crippen molar-refractivity contribution in [3.63, 3.8) is 0 Å². The number of aliphatic hydroxyl groups is 1. The molecule has 0 amide bonds. The number of nitrogens with one attached hydrogen (secondary N) is 1. The van der Waals surface area contributed by atoms with Crippen LogP contribution in [0, 0.1) is 5.41 Å². The summed E-state index contributed by atoms with van der Waals surface area (Å²) < 4.78 is 0. The lowest BCUT2D eigenvalue weighted by molar-refractivity contribution is 0.170. The summed E-state index contributed by atoms with van der Waals surface area (Å²) in [6.07, 6.45) is -0.473. The van der Waals surface area contributed by atoms with Gasteiger partial charge in [0.25, 0.3) is 0 Å². The third-order valence-electron chi connectivity index (χ3n) is 2.25. The van der Waals surface area contributed by atoms with E-state index in [4.69, 9.17) is 11.6 Å². The molecule has 1 aromatic carbocycles. The molecule has 0 aliphatic carbocycles. The molecular weight excluding hydrogens is 222 g/mol. The topological polar surface area (TPSA) is 32.3 Å². The maximum atomic E-state index is 9.90. The second kappa shape index (κ2) is 5.67. The molecule has 16 heavy (non-hydrogen) atoms. The molecule has 2 N–H and O–H groups in total. The molecule has 0 saturated heterocycles. The van der Waals surface area contributed by atoms with Crippen LogP contribution in [0.3, 0.4) is 0 Å². The Labute approximate surface area is 103 Å². The van der Waals surface area contributed by atoms with E-state index in [1.165, 1.54) is 0 Å². The summed E-state index contributed by atoms with van der Waals surface area (Å²) in [6, 6.07) is 7.30. The van der Waals surface area contributed by atoms with Crippen LogP contribution in [0.25, 0.3) is 0 Å². The quantitative estimate of drug-likeness (QED) is 0.850. The minimum absolute atomic E-state index is 0.236. The van der Waals surface area contributed by atoms with Crippen LogP contribution in [-0.2, 0) is 0 Å². The number of benzene rings is 1. The summed E-state index contributed by atoms with van der Waals surface area (Å²) in [5, 5.41) is 13.9. The molecule has 0 heterocycles. The van der Waals surface area contributed by atoms with Gasteiger partial charge in [-0.25, -0.2) is 0 Å². The van der Waals surface area contributed by atoms with Crippen LogP contribution >= 0.6 is 11.6 Å². The van der Waals surface area contributed by atoms with E-state index in [9.17, 15) is 5.11 Å². The minimum Gasteiger partial charge on any atom is -0.387 e. The van der Waals surface area contributed by atoms with Gasteiger partial charge in [0.05, 0.1) is 6.10 Å². The normalized spacial score (nSPS) is 13.8. The van der Waals surface area contributed by atoms with Crippen LogP contribution < -0.4 is 5.32 Å². The third-order valence-corrected chi connectivity index (χ3v) is 2.50. The first-order valence-electron chi connectivity index (χ1n) is 5.53. The fourth-order valence-electron chi connectivity index (χ4n) is 1.39. The lowest BCUT2D eigenvalue weighted by Gasteiger charge is -2.20. The second-order valence-electron chi connectivity index (χ2n) is 5.26. The Balaban J connectivity index is 2.41. The first kappa shape index (κ1) is 13.5. The lowest BCUT2D eigenvalue weighted by Crippen LogP contribution is -2.30.